The second kappa shape index (κ2) is 4.76. The molecule has 0 amide bonds. The molecule has 5 N–H and O–H groups in total. The van der Waals surface area contributed by atoms with E-state index in [-0.39, 0.29) is 0 Å². The quantitative estimate of drug-likeness (QED) is 0.482. The fraction of sp³-hybridized carbons (Fsp3) is 0.0769. The van der Waals surface area contributed by atoms with Gasteiger partial charge < -0.3 is 11.1 Å². The molecule has 0 atom stereocenters. The molecule has 0 heterocycles. The second-order valence-corrected chi connectivity index (χ2v) is 3.71. The molecule has 4 nitrogen and oxygen atoms in total. The third-order valence-electron chi connectivity index (χ3n) is 2.65. The van der Waals surface area contributed by atoms with Gasteiger partial charge in [0, 0.05) is 29.5 Å². The number of hydrogen-bond acceptors (Lipinski definition) is 4. The first-order chi connectivity index (χ1) is 8.26. The first-order valence-electron chi connectivity index (χ1n) is 5.33. The standard InChI is InChI=1S/C13H15N3O/c1-15-12-7-6-9(14)8-11(12)10-4-2-3-5-13(10)16-17/h2-8,15-17H,14H2,1H3. The molecular weight excluding hydrogens is 214 g/mol. The Morgan fingerprint density at radius 1 is 1.00 bits per heavy atom. The van der Waals surface area contributed by atoms with Crippen LogP contribution in [0.5, 0.6) is 0 Å². The van der Waals surface area contributed by atoms with Crippen LogP contribution in [0.15, 0.2) is 42.5 Å². The van der Waals surface area contributed by atoms with Gasteiger partial charge in [0.15, 0.2) is 0 Å². The molecular formula is C13H15N3O. The lowest BCUT2D eigenvalue weighted by Gasteiger charge is -2.13. The predicted molar refractivity (Wildman–Crippen MR) is 71.2 cm³/mol. The summed E-state index contributed by atoms with van der Waals surface area (Å²) in [5.74, 6) is 0. The monoisotopic (exact) mass is 229 g/mol. The van der Waals surface area contributed by atoms with Crippen LogP contribution in [0.4, 0.5) is 17.1 Å². The summed E-state index contributed by atoms with van der Waals surface area (Å²) in [7, 11) is 1.85. The molecule has 0 aromatic heterocycles. The molecule has 0 aliphatic heterocycles. The van der Waals surface area contributed by atoms with Gasteiger partial charge in [0.1, 0.15) is 0 Å². The summed E-state index contributed by atoms with van der Waals surface area (Å²) in [4.78, 5) is 0. The molecule has 0 saturated heterocycles. The van der Waals surface area contributed by atoms with Crippen molar-refractivity contribution in [2.24, 2.45) is 0 Å². The zero-order valence-corrected chi connectivity index (χ0v) is 9.57. The molecule has 2 rings (SSSR count). The number of nitrogens with two attached hydrogens (primary N) is 1. The molecule has 0 bridgehead atoms. The Kier molecular flexibility index (Phi) is 3.16. The van der Waals surface area contributed by atoms with Crippen LogP contribution in [-0.4, -0.2) is 12.3 Å². The van der Waals surface area contributed by atoms with Crippen LogP contribution in [0.25, 0.3) is 11.1 Å². The Morgan fingerprint density at radius 2 is 1.76 bits per heavy atom. The maximum absolute atomic E-state index is 9.11. The van der Waals surface area contributed by atoms with E-state index in [2.05, 4.69) is 10.8 Å². The smallest absolute Gasteiger partial charge is 0.0681 e. The number of hydrogen-bond donors (Lipinski definition) is 4. The lowest BCUT2D eigenvalue weighted by Crippen LogP contribution is -1.97. The summed E-state index contributed by atoms with van der Waals surface area (Å²) in [6.07, 6.45) is 0. The highest BCUT2D eigenvalue weighted by Crippen LogP contribution is 2.34. The molecule has 17 heavy (non-hydrogen) atoms. The third kappa shape index (κ3) is 2.16. The summed E-state index contributed by atoms with van der Waals surface area (Å²) < 4.78 is 0. The number of benzene rings is 2. The molecule has 0 spiro atoms. The summed E-state index contributed by atoms with van der Waals surface area (Å²) in [5, 5.41) is 12.2. The van der Waals surface area contributed by atoms with Crippen molar-refractivity contribution >= 4 is 17.1 Å². The SMILES string of the molecule is CNc1ccc(N)cc1-c1ccccc1NO. The van der Waals surface area contributed by atoms with Crippen molar-refractivity contribution in [1.82, 2.24) is 0 Å². The van der Waals surface area contributed by atoms with Crippen LogP contribution in [0.3, 0.4) is 0 Å². The molecule has 0 aliphatic rings. The van der Waals surface area contributed by atoms with Gasteiger partial charge >= 0.3 is 0 Å². The van der Waals surface area contributed by atoms with E-state index < -0.39 is 0 Å². The zero-order valence-electron chi connectivity index (χ0n) is 9.57. The maximum atomic E-state index is 9.11. The van der Waals surface area contributed by atoms with Gasteiger partial charge in [-0.25, -0.2) is 0 Å². The molecule has 0 fully saturated rings. The number of anilines is 3. The van der Waals surface area contributed by atoms with Crippen molar-refractivity contribution in [3.05, 3.63) is 42.5 Å². The van der Waals surface area contributed by atoms with Crippen molar-refractivity contribution < 1.29 is 5.21 Å². The lowest BCUT2D eigenvalue weighted by molar-refractivity contribution is 0.389. The first kappa shape index (κ1) is 11.3. The van der Waals surface area contributed by atoms with Gasteiger partial charge in [0.05, 0.1) is 5.69 Å². The van der Waals surface area contributed by atoms with E-state index in [0.29, 0.717) is 11.4 Å². The van der Waals surface area contributed by atoms with E-state index >= 15 is 0 Å². The molecule has 0 unspecified atom stereocenters. The van der Waals surface area contributed by atoms with Crippen molar-refractivity contribution in [1.29, 1.82) is 0 Å². The fourth-order valence-electron chi connectivity index (χ4n) is 1.82. The van der Waals surface area contributed by atoms with E-state index in [1.165, 1.54) is 0 Å². The van der Waals surface area contributed by atoms with E-state index in [0.717, 1.165) is 16.8 Å². The molecule has 4 heteroatoms. The number of nitrogens with one attached hydrogen (secondary N) is 2. The number of para-hydroxylation sites is 1. The average Bonchev–Trinajstić information content (AvgIpc) is 2.38. The molecule has 0 saturated carbocycles. The highest BCUT2D eigenvalue weighted by molar-refractivity contribution is 5.87. The average molecular weight is 229 g/mol. The van der Waals surface area contributed by atoms with Gasteiger partial charge in [0.2, 0.25) is 0 Å². The van der Waals surface area contributed by atoms with E-state index in [9.17, 15) is 0 Å². The largest absolute Gasteiger partial charge is 0.399 e. The van der Waals surface area contributed by atoms with Crippen LogP contribution in [-0.2, 0) is 0 Å². The zero-order chi connectivity index (χ0) is 12.3. The van der Waals surface area contributed by atoms with Gasteiger partial charge in [0.25, 0.3) is 0 Å². The van der Waals surface area contributed by atoms with Crippen LogP contribution >= 0.6 is 0 Å². The van der Waals surface area contributed by atoms with Crippen LogP contribution in [0, 0.1) is 0 Å². The topological polar surface area (TPSA) is 70.3 Å². The lowest BCUT2D eigenvalue weighted by atomic mass is 10.0. The van der Waals surface area contributed by atoms with Crippen LogP contribution in [0.1, 0.15) is 0 Å². The normalized spacial score (nSPS) is 10.0. The number of rotatable bonds is 3. The second-order valence-electron chi connectivity index (χ2n) is 3.71. The predicted octanol–water partition coefficient (Wildman–Crippen LogP) is 2.78. The van der Waals surface area contributed by atoms with Gasteiger partial charge in [-0.2, -0.15) is 0 Å². The van der Waals surface area contributed by atoms with E-state index in [4.69, 9.17) is 10.9 Å². The summed E-state index contributed by atoms with van der Waals surface area (Å²) in [6, 6.07) is 13.1. The minimum absolute atomic E-state index is 0.648. The first-order valence-corrected chi connectivity index (χ1v) is 5.33. The summed E-state index contributed by atoms with van der Waals surface area (Å²) in [5.41, 5.74) is 12.1. The molecule has 0 radical (unpaired) electrons. The highest BCUT2D eigenvalue weighted by Gasteiger charge is 2.08. The van der Waals surface area contributed by atoms with Crippen molar-refractivity contribution in [3.8, 4) is 11.1 Å². The van der Waals surface area contributed by atoms with E-state index in [1.807, 2.05) is 43.4 Å². The van der Waals surface area contributed by atoms with Gasteiger partial charge in [-0.05, 0) is 24.3 Å². The summed E-state index contributed by atoms with van der Waals surface area (Å²) >= 11 is 0. The van der Waals surface area contributed by atoms with Crippen LogP contribution in [0.2, 0.25) is 0 Å². The Balaban J connectivity index is 2.62. The summed E-state index contributed by atoms with van der Waals surface area (Å²) in [6.45, 7) is 0. The van der Waals surface area contributed by atoms with Gasteiger partial charge in [-0.3, -0.25) is 10.7 Å². The Hall–Kier alpha value is -2.20. The molecule has 2 aromatic rings. The Morgan fingerprint density at radius 3 is 2.47 bits per heavy atom. The van der Waals surface area contributed by atoms with Crippen molar-refractivity contribution in [3.63, 3.8) is 0 Å². The van der Waals surface area contributed by atoms with Gasteiger partial charge in [-0.1, -0.05) is 18.2 Å². The third-order valence-corrected chi connectivity index (χ3v) is 2.65. The molecule has 88 valence electrons. The maximum Gasteiger partial charge on any atom is 0.0681 e. The minimum Gasteiger partial charge on any atom is -0.399 e. The molecule has 2 aromatic carbocycles. The Bertz CT molecular complexity index is 526. The molecule has 0 aliphatic carbocycles. The van der Waals surface area contributed by atoms with Crippen molar-refractivity contribution in [2.45, 2.75) is 0 Å². The minimum atomic E-state index is 0.648. The van der Waals surface area contributed by atoms with Crippen molar-refractivity contribution in [2.75, 3.05) is 23.6 Å². The highest BCUT2D eigenvalue weighted by atomic mass is 16.5. The van der Waals surface area contributed by atoms with Gasteiger partial charge in [-0.15, -0.1) is 0 Å². The fourth-order valence-corrected chi connectivity index (χ4v) is 1.82. The van der Waals surface area contributed by atoms with E-state index in [1.54, 1.807) is 6.07 Å². The van der Waals surface area contributed by atoms with Crippen LogP contribution < -0.4 is 16.5 Å². The Labute approximate surface area is 100 Å². The number of nitrogen functional groups attached to an aromatic ring is 1.